The first-order valence-corrected chi connectivity index (χ1v) is 7.58. The number of rotatable bonds is 1. The van der Waals surface area contributed by atoms with Gasteiger partial charge in [-0.05, 0) is 38.0 Å². The molecule has 5 rings (SSSR count). The summed E-state index contributed by atoms with van der Waals surface area (Å²) in [4.78, 5) is 8.03. The summed E-state index contributed by atoms with van der Waals surface area (Å²) in [7, 11) is 0. The molecule has 3 aromatic rings. The number of aromatic nitrogens is 2. The number of H-pyrrole nitrogens is 1. The molecule has 3 nitrogen and oxygen atoms in total. The lowest BCUT2D eigenvalue weighted by Crippen LogP contribution is -2.08. The second-order valence-corrected chi connectivity index (χ2v) is 6.51. The zero-order valence-electron chi connectivity index (χ0n) is 12.0. The van der Waals surface area contributed by atoms with Gasteiger partial charge < -0.3 is 10.3 Å². The predicted octanol–water partition coefficient (Wildman–Crippen LogP) is 4.00. The number of nitrogens with zero attached hydrogens (tertiary/aromatic N) is 1. The van der Waals surface area contributed by atoms with Crippen molar-refractivity contribution >= 4 is 16.7 Å². The molecule has 1 spiro atoms. The fourth-order valence-electron chi connectivity index (χ4n) is 3.58. The van der Waals surface area contributed by atoms with Crippen molar-refractivity contribution in [3.63, 3.8) is 0 Å². The SMILES string of the molecule is Cc1ccc2[nH]cc(-c3cnc4c(c3)C3(CC3)CN4)c2c1. The lowest BCUT2D eigenvalue weighted by Gasteiger charge is -2.07. The van der Waals surface area contributed by atoms with E-state index in [0.717, 1.165) is 12.4 Å². The van der Waals surface area contributed by atoms with Crippen molar-refractivity contribution in [1.82, 2.24) is 9.97 Å². The van der Waals surface area contributed by atoms with Crippen molar-refractivity contribution in [2.24, 2.45) is 0 Å². The Morgan fingerprint density at radius 1 is 1.19 bits per heavy atom. The van der Waals surface area contributed by atoms with Crippen LogP contribution in [0.5, 0.6) is 0 Å². The van der Waals surface area contributed by atoms with E-state index in [1.807, 2.05) is 6.20 Å². The van der Waals surface area contributed by atoms with Gasteiger partial charge in [-0.1, -0.05) is 11.6 Å². The summed E-state index contributed by atoms with van der Waals surface area (Å²) < 4.78 is 0. The minimum atomic E-state index is 0.389. The monoisotopic (exact) mass is 275 g/mol. The average Bonchev–Trinajstić information content (AvgIpc) is 3.03. The normalized spacial score (nSPS) is 18.0. The molecule has 0 bridgehead atoms. The van der Waals surface area contributed by atoms with E-state index in [1.165, 1.54) is 46.0 Å². The van der Waals surface area contributed by atoms with E-state index in [2.05, 4.69) is 52.7 Å². The van der Waals surface area contributed by atoms with Crippen molar-refractivity contribution < 1.29 is 0 Å². The van der Waals surface area contributed by atoms with E-state index in [-0.39, 0.29) is 0 Å². The molecule has 3 heteroatoms. The Kier molecular flexibility index (Phi) is 1.99. The van der Waals surface area contributed by atoms with Crippen LogP contribution in [0.1, 0.15) is 24.0 Å². The van der Waals surface area contributed by atoms with E-state index < -0.39 is 0 Å². The Bertz CT molecular complexity index is 871. The zero-order valence-corrected chi connectivity index (χ0v) is 12.0. The molecule has 0 unspecified atom stereocenters. The molecule has 0 amide bonds. The Hall–Kier alpha value is -2.29. The number of aryl methyl sites for hydroxylation is 1. The molecule has 1 aliphatic carbocycles. The lowest BCUT2D eigenvalue weighted by atomic mass is 9.96. The van der Waals surface area contributed by atoms with E-state index >= 15 is 0 Å². The van der Waals surface area contributed by atoms with Gasteiger partial charge in [0.05, 0.1) is 0 Å². The molecule has 1 saturated carbocycles. The Balaban J connectivity index is 1.72. The summed E-state index contributed by atoms with van der Waals surface area (Å²) in [5, 5.41) is 4.74. The minimum Gasteiger partial charge on any atom is -0.369 e. The molecule has 2 aromatic heterocycles. The van der Waals surface area contributed by atoms with Crippen LogP contribution in [-0.4, -0.2) is 16.5 Å². The van der Waals surface area contributed by atoms with Crippen molar-refractivity contribution in [2.75, 3.05) is 11.9 Å². The van der Waals surface area contributed by atoms with E-state index in [4.69, 9.17) is 0 Å². The highest BCUT2D eigenvalue weighted by Crippen LogP contribution is 2.54. The fourth-order valence-corrected chi connectivity index (χ4v) is 3.58. The van der Waals surface area contributed by atoms with Crippen LogP contribution in [0.2, 0.25) is 0 Å². The molecule has 21 heavy (non-hydrogen) atoms. The van der Waals surface area contributed by atoms with Gasteiger partial charge in [0.1, 0.15) is 5.82 Å². The second kappa shape index (κ2) is 3.67. The Morgan fingerprint density at radius 2 is 2.10 bits per heavy atom. The molecule has 2 aliphatic rings. The van der Waals surface area contributed by atoms with Crippen LogP contribution in [0.15, 0.2) is 36.7 Å². The predicted molar refractivity (Wildman–Crippen MR) is 85.7 cm³/mol. The van der Waals surface area contributed by atoms with Crippen molar-refractivity contribution in [1.29, 1.82) is 0 Å². The first-order chi connectivity index (χ1) is 10.3. The number of pyridine rings is 1. The largest absolute Gasteiger partial charge is 0.369 e. The molecule has 2 N–H and O–H groups in total. The molecule has 0 atom stereocenters. The maximum Gasteiger partial charge on any atom is 0.129 e. The molecule has 0 radical (unpaired) electrons. The van der Waals surface area contributed by atoms with Crippen LogP contribution in [0, 0.1) is 6.92 Å². The molecular formula is C18H17N3. The average molecular weight is 275 g/mol. The summed E-state index contributed by atoms with van der Waals surface area (Å²) in [6, 6.07) is 8.89. The van der Waals surface area contributed by atoms with Crippen molar-refractivity contribution in [2.45, 2.75) is 25.2 Å². The Morgan fingerprint density at radius 3 is 2.95 bits per heavy atom. The number of anilines is 1. The highest BCUT2D eigenvalue weighted by atomic mass is 15.0. The second-order valence-electron chi connectivity index (χ2n) is 6.51. The molecule has 1 fully saturated rings. The van der Waals surface area contributed by atoms with Crippen LogP contribution < -0.4 is 5.32 Å². The summed E-state index contributed by atoms with van der Waals surface area (Å²) in [6.45, 7) is 3.20. The number of fused-ring (bicyclic) bond motifs is 3. The first-order valence-electron chi connectivity index (χ1n) is 7.58. The van der Waals surface area contributed by atoms with Gasteiger partial charge in [0.2, 0.25) is 0 Å². The molecule has 1 aromatic carbocycles. The van der Waals surface area contributed by atoms with Crippen LogP contribution in [0.4, 0.5) is 5.82 Å². The van der Waals surface area contributed by atoms with Gasteiger partial charge in [0, 0.05) is 51.9 Å². The van der Waals surface area contributed by atoms with Gasteiger partial charge in [0.25, 0.3) is 0 Å². The van der Waals surface area contributed by atoms with E-state index in [0.29, 0.717) is 5.41 Å². The topological polar surface area (TPSA) is 40.7 Å². The van der Waals surface area contributed by atoms with E-state index in [1.54, 1.807) is 0 Å². The van der Waals surface area contributed by atoms with Gasteiger partial charge in [0.15, 0.2) is 0 Å². The molecule has 0 saturated heterocycles. The molecule has 3 heterocycles. The fraction of sp³-hybridized carbons (Fsp3) is 0.278. The molecular weight excluding hydrogens is 258 g/mol. The smallest absolute Gasteiger partial charge is 0.129 e. The maximum absolute atomic E-state index is 4.66. The lowest BCUT2D eigenvalue weighted by molar-refractivity contribution is 0.778. The highest BCUT2D eigenvalue weighted by Gasteiger charge is 2.49. The number of hydrogen-bond acceptors (Lipinski definition) is 2. The summed E-state index contributed by atoms with van der Waals surface area (Å²) in [5.74, 6) is 1.09. The highest BCUT2D eigenvalue weighted by molar-refractivity contribution is 5.96. The van der Waals surface area contributed by atoms with Crippen LogP contribution in [0.3, 0.4) is 0 Å². The van der Waals surface area contributed by atoms with Crippen molar-refractivity contribution in [3.05, 3.63) is 47.8 Å². The first kappa shape index (κ1) is 11.4. The summed E-state index contributed by atoms with van der Waals surface area (Å²) >= 11 is 0. The van der Waals surface area contributed by atoms with Crippen LogP contribution >= 0.6 is 0 Å². The number of aromatic amines is 1. The number of benzene rings is 1. The van der Waals surface area contributed by atoms with Crippen LogP contribution in [0.25, 0.3) is 22.0 Å². The summed E-state index contributed by atoms with van der Waals surface area (Å²) in [6.07, 6.45) is 6.70. The quantitative estimate of drug-likeness (QED) is 0.705. The van der Waals surface area contributed by atoms with Gasteiger partial charge >= 0.3 is 0 Å². The summed E-state index contributed by atoms with van der Waals surface area (Å²) in [5.41, 5.74) is 6.77. The third-order valence-electron chi connectivity index (χ3n) is 5.06. The minimum absolute atomic E-state index is 0.389. The van der Waals surface area contributed by atoms with Gasteiger partial charge in [-0.15, -0.1) is 0 Å². The Labute approximate surface area is 123 Å². The van der Waals surface area contributed by atoms with Gasteiger partial charge in [-0.3, -0.25) is 0 Å². The van der Waals surface area contributed by atoms with E-state index in [9.17, 15) is 0 Å². The van der Waals surface area contributed by atoms with Gasteiger partial charge in [-0.25, -0.2) is 4.98 Å². The van der Waals surface area contributed by atoms with Crippen molar-refractivity contribution in [3.8, 4) is 11.1 Å². The molecule has 104 valence electrons. The zero-order chi connectivity index (χ0) is 14.0. The molecule has 1 aliphatic heterocycles. The standard InChI is InChI=1S/C18H17N3/c1-11-2-3-16-13(6-11)14(9-19-16)12-7-15-17(20-8-12)21-10-18(15)4-5-18/h2-3,6-9,19H,4-5,10H2,1H3,(H,20,21). The third-order valence-corrected chi connectivity index (χ3v) is 5.06. The number of nitrogens with one attached hydrogen (secondary N) is 2. The maximum atomic E-state index is 4.66. The third kappa shape index (κ3) is 1.52. The van der Waals surface area contributed by atoms with Crippen LogP contribution in [-0.2, 0) is 5.41 Å². The van der Waals surface area contributed by atoms with Gasteiger partial charge in [-0.2, -0.15) is 0 Å². The number of hydrogen-bond donors (Lipinski definition) is 2.